The number of amides is 1. The molecule has 4 rings (SSSR count). The molecule has 6 nitrogen and oxygen atoms in total. The normalized spacial score (nSPS) is 11.0. The van der Waals surface area contributed by atoms with Crippen molar-refractivity contribution in [3.63, 3.8) is 0 Å². The van der Waals surface area contributed by atoms with Crippen molar-refractivity contribution in [2.75, 3.05) is 5.32 Å². The van der Waals surface area contributed by atoms with Gasteiger partial charge in [0.15, 0.2) is 0 Å². The van der Waals surface area contributed by atoms with Crippen molar-refractivity contribution in [1.29, 1.82) is 0 Å². The van der Waals surface area contributed by atoms with Gasteiger partial charge < -0.3 is 10.3 Å². The van der Waals surface area contributed by atoms with Crippen LogP contribution in [0.15, 0.2) is 59.4 Å². The van der Waals surface area contributed by atoms with Crippen LogP contribution in [0, 0.1) is 11.6 Å². The lowest BCUT2D eigenvalue weighted by molar-refractivity contribution is 0.102. The van der Waals surface area contributed by atoms with Gasteiger partial charge in [-0.25, -0.2) is 8.78 Å². The summed E-state index contributed by atoms with van der Waals surface area (Å²) in [6.45, 7) is 0. The fourth-order valence-corrected chi connectivity index (χ4v) is 2.96. The molecule has 2 N–H and O–H groups in total. The molecule has 0 radical (unpaired) electrons. The lowest BCUT2D eigenvalue weighted by atomic mass is 10.1. The van der Waals surface area contributed by atoms with Crippen LogP contribution in [0.3, 0.4) is 0 Å². The maximum Gasteiger partial charge on any atom is 0.258 e. The molecule has 2 aromatic heterocycles. The summed E-state index contributed by atoms with van der Waals surface area (Å²) in [5, 5.41) is 7.59. The van der Waals surface area contributed by atoms with E-state index in [2.05, 4.69) is 15.4 Å². The van der Waals surface area contributed by atoms with Crippen molar-refractivity contribution in [3.8, 4) is 11.3 Å². The van der Waals surface area contributed by atoms with Crippen LogP contribution >= 0.6 is 0 Å². The number of aryl methyl sites for hydroxylation is 1. The number of benzene rings is 2. The Labute approximate surface area is 157 Å². The number of carbonyl (C=O) groups is 1. The number of nitrogens with one attached hydrogen (secondary N) is 2. The first-order valence-electron chi connectivity index (χ1n) is 8.35. The minimum Gasteiger partial charge on any atom is -0.321 e. The molecule has 0 spiro atoms. The number of aromatic amines is 1. The van der Waals surface area contributed by atoms with Crippen LogP contribution < -0.4 is 10.9 Å². The molecule has 0 aliphatic heterocycles. The number of halogens is 2. The minimum atomic E-state index is -0.748. The summed E-state index contributed by atoms with van der Waals surface area (Å²) in [4.78, 5) is 27.0. The molecule has 0 aliphatic rings. The zero-order valence-electron chi connectivity index (χ0n) is 14.7. The number of aromatic nitrogens is 3. The van der Waals surface area contributed by atoms with Crippen LogP contribution in [0.2, 0.25) is 0 Å². The molecular formula is C20H14F2N4O2. The van der Waals surface area contributed by atoms with Gasteiger partial charge >= 0.3 is 0 Å². The molecule has 2 aromatic carbocycles. The largest absolute Gasteiger partial charge is 0.321 e. The van der Waals surface area contributed by atoms with E-state index in [1.807, 2.05) is 0 Å². The summed E-state index contributed by atoms with van der Waals surface area (Å²) in [6, 6.07) is 12.8. The Morgan fingerprint density at radius 2 is 1.93 bits per heavy atom. The Kier molecular flexibility index (Phi) is 4.23. The van der Waals surface area contributed by atoms with E-state index >= 15 is 0 Å². The zero-order chi connectivity index (χ0) is 19.8. The maximum absolute atomic E-state index is 14.0. The van der Waals surface area contributed by atoms with Gasteiger partial charge in [-0.15, -0.1) is 0 Å². The van der Waals surface area contributed by atoms with E-state index in [9.17, 15) is 18.4 Å². The van der Waals surface area contributed by atoms with E-state index < -0.39 is 17.5 Å². The number of H-pyrrole nitrogens is 1. The number of hydrogen-bond donors (Lipinski definition) is 2. The third-order valence-electron chi connectivity index (χ3n) is 4.33. The molecule has 4 aromatic rings. The number of para-hydroxylation sites is 1. The number of anilines is 1. The number of rotatable bonds is 3. The highest BCUT2D eigenvalue weighted by Crippen LogP contribution is 2.25. The van der Waals surface area contributed by atoms with Gasteiger partial charge in [0.25, 0.3) is 5.91 Å². The first kappa shape index (κ1) is 17.6. The van der Waals surface area contributed by atoms with Crippen LogP contribution in [0.1, 0.15) is 10.4 Å². The monoisotopic (exact) mass is 380 g/mol. The van der Waals surface area contributed by atoms with Crippen molar-refractivity contribution in [3.05, 3.63) is 82.1 Å². The van der Waals surface area contributed by atoms with E-state index in [0.29, 0.717) is 16.7 Å². The quantitative estimate of drug-likeness (QED) is 0.571. The highest BCUT2D eigenvalue weighted by atomic mass is 19.1. The predicted octanol–water partition coefficient (Wildman–Crippen LogP) is 3.46. The highest BCUT2D eigenvalue weighted by molar-refractivity contribution is 6.11. The highest BCUT2D eigenvalue weighted by Gasteiger charge is 2.16. The van der Waals surface area contributed by atoms with E-state index in [1.54, 1.807) is 31.3 Å². The summed E-state index contributed by atoms with van der Waals surface area (Å²) in [6.07, 6.45) is 0. The van der Waals surface area contributed by atoms with Gasteiger partial charge in [-0.05, 0) is 29.7 Å². The van der Waals surface area contributed by atoms with Gasteiger partial charge in [0.05, 0.1) is 16.8 Å². The van der Waals surface area contributed by atoms with E-state index in [4.69, 9.17) is 0 Å². The Balaban J connectivity index is 1.69. The number of pyridine rings is 1. The van der Waals surface area contributed by atoms with Crippen molar-refractivity contribution in [2.24, 2.45) is 7.05 Å². The Morgan fingerprint density at radius 1 is 1.11 bits per heavy atom. The lowest BCUT2D eigenvalue weighted by Crippen LogP contribution is -2.16. The van der Waals surface area contributed by atoms with Crippen LogP contribution in [-0.2, 0) is 7.05 Å². The summed E-state index contributed by atoms with van der Waals surface area (Å²) < 4.78 is 28.5. The first-order chi connectivity index (χ1) is 13.4. The van der Waals surface area contributed by atoms with Gasteiger partial charge in [0, 0.05) is 30.8 Å². The van der Waals surface area contributed by atoms with Crippen molar-refractivity contribution < 1.29 is 13.6 Å². The SMILES string of the molecule is Cn1nc(-c2ccc(F)cc2F)cc1NC(=O)c1cccc2ccc(=O)[nH]c12. The van der Waals surface area contributed by atoms with Gasteiger partial charge in [0.1, 0.15) is 17.5 Å². The maximum atomic E-state index is 14.0. The molecule has 0 saturated carbocycles. The topological polar surface area (TPSA) is 79.8 Å². The van der Waals surface area contributed by atoms with Gasteiger partial charge in [-0.3, -0.25) is 14.3 Å². The van der Waals surface area contributed by atoms with Crippen LogP contribution in [0.5, 0.6) is 0 Å². The molecule has 28 heavy (non-hydrogen) atoms. The molecule has 2 heterocycles. The fourth-order valence-electron chi connectivity index (χ4n) is 2.96. The smallest absolute Gasteiger partial charge is 0.258 e. The standard InChI is InChI=1S/C20H14F2N4O2/c1-26-17(10-16(25-26)13-7-6-12(21)9-15(13)22)23-20(28)14-4-2-3-11-5-8-18(27)24-19(11)14/h2-10H,1H3,(H,23,28)(H,24,27). The van der Waals surface area contributed by atoms with Crippen LogP contribution in [-0.4, -0.2) is 20.7 Å². The molecule has 0 fully saturated rings. The summed E-state index contributed by atoms with van der Waals surface area (Å²) in [5.74, 6) is -1.57. The molecule has 1 amide bonds. The molecule has 0 saturated heterocycles. The molecule has 140 valence electrons. The first-order valence-corrected chi connectivity index (χ1v) is 8.35. The average molecular weight is 380 g/mol. The molecular weight excluding hydrogens is 366 g/mol. The number of hydrogen-bond acceptors (Lipinski definition) is 3. The molecule has 0 bridgehead atoms. The molecule has 0 atom stereocenters. The molecule has 0 aliphatic carbocycles. The van der Waals surface area contributed by atoms with Crippen LogP contribution in [0.25, 0.3) is 22.2 Å². The Hall–Kier alpha value is -3.81. The molecule has 8 heteroatoms. The van der Waals surface area contributed by atoms with Gasteiger partial charge in [-0.2, -0.15) is 5.10 Å². The number of fused-ring (bicyclic) bond motifs is 1. The third-order valence-corrected chi connectivity index (χ3v) is 4.33. The van der Waals surface area contributed by atoms with E-state index in [0.717, 1.165) is 12.1 Å². The predicted molar refractivity (Wildman–Crippen MR) is 101 cm³/mol. The summed E-state index contributed by atoms with van der Waals surface area (Å²) in [5.41, 5.74) is 0.751. The summed E-state index contributed by atoms with van der Waals surface area (Å²) >= 11 is 0. The van der Waals surface area contributed by atoms with Crippen molar-refractivity contribution >= 4 is 22.6 Å². The second-order valence-corrected chi connectivity index (χ2v) is 6.21. The van der Waals surface area contributed by atoms with Gasteiger partial charge in [0.2, 0.25) is 5.56 Å². The summed E-state index contributed by atoms with van der Waals surface area (Å²) in [7, 11) is 1.59. The second-order valence-electron chi connectivity index (χ2n) is 6.21. The van der Waals surface area contributed by atoms with Gasteiger partial charge in [-0.1, -0.05) is 12.1 Å². The Bertz CT molecular complexity index is 1280. The molecule has 0 unspecified atom stereocenters. The third kappa shape index (κ3) is 3.16. The second kappa shape index (κ2) is 6.73. The zero-order valence-corrected chi connectivity index (χ0v) is 14.7. The van der Waals surface area contributed by atoms with Crippen molar-refractivity contribution in [1.82, 2.24) is 14.8 Å². The minimum absolute atomic E-state index is 0.118. The fraction of sp³-hybridized carbons (Fsp3) is 0.0500. The van der Waals surface area contributed by atoms with Crippen molar-refractivity contribution in [2.45, 2.75) is 0 Å². The average Bonchev–Trinajstić information content (AvgIpc) is 3.01. The van der Waals surface area contributed by atoms with E-state index in [1.165, 1.54) is 22.9 Å². The van der Waals surface area contributed by atoms with E-state index in [-0.39, 0.29) is 22.4 Å². The Morgan fingerprint density at radius 3 is 2.71 bits per heavy atom. The number of nitrogens with zero attached hydrogens (tertiary/aromatic N) is 2. The van der Waals surface area contributed by atoms with Crippen LogP contribution in [0.4, 0.5) is 14.6 Å². The lowest BCUT2D eigenvalue weighted by Gasteiger charge is -2.07. The number of carbonyl (C=O) groups excluding carboxylic acids is 1.